The number of phenols is 1. The Morgan fingerprint density at radius 1 is 0.840 bits per heavy atom. The highest BCUT2D eigenvalue weighted by atomic mass is 35.5. The van der Waals surface area contributed by atoms with Gasteiger partial charge in [-0.25, -0.2) is 9.29 Å². The number of para-hydroxylation sites is 1. The molecule has 3 fully saturated rings. The number of carbonyl (C=O) groups excluding carboxylic acids is 4. The first-order valence-corrected chi connectivity index (χ1v) is 16.9. The molecule has 8 nitrogen and oxygen atoms in total. The fourth-order valence-corrected chi connectivity index (χ4v) is 8.83. The summed E-state index contributed by atoms with van der Waals surface area (Å²) < 4.78 is 20.2. The van der Waals surface area contributed by atoms with Crippen molar-refractivity contribution < 1.29 is 33.4 Å². The third-order valence-electron chi connectivity index (χ3n) is 11.0. The number of benzene rings is 4. The number of hydrogen-bond donors (Lipinski definition) is 1. The van der Waals surface area contributed by atoms with E-state index in [0.29, 0.717) is 17.0 Å². The first-order chi connectivity index (χ1) is 24.1. The monoisotopic (exact) mass is 690 g/mol. The van der Waals surface area contributed by atoms with Crippen molar-refractivity contribution in [3.63, 3.8) is 0 Å². The molecule has 4 amide bonds. The summed E-state index contributed by atoms with van der Waals surface area (Å²) >= 11 is 6.10. The summed E-state index contributed by atoms with van der Waals surface area (Å²) in [5.74, 6) is -5.81. The molecule has 6 atom stereocenters. The maximum absolute atomic E-state index is 14.7. The molecule has 4 aliphatic rings. The lowest BCUT2D eigenvalue weighted by atomic mass is 9.51. The van der Waals surface area contributed by atoms with Gasteiger partial charge in [0.1, 0.15) is 23.9 Å². The number of rotatable bonds is 6. The molecule has 0 bridgehead atoms. The molecule has 4 aromatic rings. The van der Waals surface area contributed by atoms with Crippen LogP contribution in [-0.4, -0.2) is 28.7 Å². The lowest BCUT2D eigenvalue weighted by molar-refractivity contribution is -0.131. The van der Waals surface area contributed by atoms with Crippen LogP contribution in [0.25, 0.3) is 0 Å². The molecular weight excluding hydrogens is 659 g/mol. The Hall–Kier alpha value is -5.28. The molecule has 4 aromatic carbocycles. The fourth-order valence-electron chi connectivity index (χ4n) is 8.66. The van der Waals surface area contributed by atoms with E-state index >= 15 is 0 Å². The first-order valence-electron chi connectivity index (χ1n) is 16.6. The lowest BCUT2D eigenvalue weighted by Gasteiger charge is -2.49. The Kier molecular flexibility index (Phi) is 7.64. The van der Waals surface area contributed by atoms with Gasteiger partial charge in [0.15, 0.2) is 0 Å². The second-order valence-corrected chi connectivity index (χ2v) is 14.0. The highest BCUT2D eigenvalue weighted by Gasteiger charge is 2.68. The number of hydrogen-bond acceptors (Lipinski definition) is 6. The molecule has 50 heavy (non-hydrogen) atoms. The fraction of sp³-hybridized carbons (Fsp3) is 0.250. The van der Waals surface area contributed by atoms with Gasteiger partial charge in [-0.3, -0.25) is 24.1 Å². The Balaban J connectivity index is 1.23. The number of phenolic OH excluding ortho intramolecular Hbond substituents is 1. The Labute approximate surface area is 292 Å². The number of halogens is 2. The van der Waals surface area contributed by atoms with Crippen LogP contribution in [0.5, 0.6) is 11.5 Å². The molecule has 1 N–H and O–H groups in total. The van der Waals surface area contributed by atoms with Crippen LogP contribution in [0.4, 0.5) is 15.8 Å². The second kappa shape index (κ2) is 11.9. The Morgan fingerprint density at radius 2 is 1.56 bits per heavy atom. The first kappa shape index (κ1) is 32.0. The highest BCUT2D eigenvalue weighted by molar-refractivity contribution is 6.32. The molecule has 6 unspecified atom stereocenters. The summed E-state index contributed by atoms with van der Waals surface area (Å²) in [5, 5.41) is 11.4. The topological polar surface area (TPSA) is 104 Å². The molecule has 0 spiro atoms. The van der Waals surface area contributed by atoms with Crippen molar-refractivity contribution in [2.45, 2.75) is 32.3 Å². The average molecular weight is 691 g/mol. The number of allylic oxidation sites excluding steroid dienone is 2. The standard InChI is InChI=1S/C40H32ClFN2O6/c1-40-30(37(47)44(39(40)49)24-12-17-32(42)31(41)18-24)20-29-26(15-16-28-34(29)38(48)43(36(28)46)23-10-6-3-7-11-23)35(40)27-14-13-25(19-33(27)45)50-21-22-8-4-2-5-9-22/h2-15,17-19,28-30,34-35,45H,16,20-21H2,1H3. The van der Waals surface area contributed by atoms with Gasteiger partial charge in [0.05, 0.1) is 39.6 Å². The summed E-state index contributed by atoms with van der Waals surface area (Å²) in [6.07, 6.45) is 2.32. The largest absolute Gasteiger partial charge is 0.508 e. The van der Waals surface area contributed by atoms with Crippen molar-refractivity contribution in [2.24, 2.45) is 29.1 Å². The van der Waals surface area contributed by atoms with Crippen LogP contribution in [0.15, 0.2) is 109 Å². The van der Waals surface area contributed by atoms with Crippen LogP contribution in [0, 0.1) is 34.9 Å². The predicted octanol–water partition coefficient (Wildman–Crippen LogP) is 7.20. The molecule has 8 rings (SSSR count). The van der Waals surface area contributed by atoms with E-state index in [1.165, 1.54) is 23.1 Å². The maximum atomic E-state index is 14.7. The molecule has 10 heteroatoms. The third kappa shape index (κ3) is 4.78. The normalized spacial score (nSPS) is 27.2. The zero-order valence-corrected chi connectivity index (χ0v) is 27.7. The molecule has 0 radical (unpaired) electrons. The number of fused-ring (bicyclic) bond motifs is 4. The molecule has 2 aliphatic heterocycles. The average Bonchev–Trinajstić information content (AvgIpc) is 3.49. The predicted molar refractivity (Wildman–Crippen MR) is 184 cm³/mol. The SMILES string of the molecule is CC12C(=O)N(c3ccc(F)c(Cl)c3)C(=O)C1CC1C(=CCC3C(=O)N(c4ccccc4)C(=O)C31)C2c1ccc(OCc2ccccc2)cc1O. The van der Waals surface area contributed by atoms with E-state index in [2.05, 4.69) is 0 Å². The van der Waals surface area contributed by atoms with Gasteiger partial charge >= 0.3 is 0 Å². The maximum Gasteiger partial charge on any atom is 0.241 e. The number of ether oxygens (including phenoxy) is 1. The van der Waals surface area contributed by atoms with E-state index in [9.17, 15) is 28.7 Å². The van der Waals surface area contributed by atoms with Gasteiger partial charge in [-0.2, -0.15) is 0 Å². The molecule has 1 saturated carbocycles. The van der Waals surface area contributed by atoms with Crippen molar-refractivity contribution in [3.05, 3.63) is 131 Å². The number of amides is 4. The minimum atomic E-state index is -1.40. The van der Waals surface area contributed by atoms with Gasteiger partial charge in [0, 0.05) is 17.5 Å². The van der Waals surface area contributed by atoms with E-state index in [4.69, 9.17) is 16.3 Å². The van der Waals surface area contributed by atoms with Crippen molar-refractivity contribution in [1.82, 2.24) is 0 Å². The van der Waals surface area contributed by atoms with Crippen LogP contribution in [-0.2, 0) is 25.8 Å². The quantitative estimate of drug-likeness (QED) is 0.170. The third-order valence-corrected chi connectivity index (χ3v) is 11.3. The highest BCUT2D eigenvalue weighted by Crippen LogP contribution is 2.64. The number of aromatic hydroxyl groups is 1. The second-order valence-electron chi connectivity index (χ2n) is 13.6. The van der Waals surface area contributed by atoms with E-state index < -0.39 is 52.6 Å². The molecule has 2 heterocycles. The summed E-state index contributed by atoms with van der Waals surface area (Å²) in [4.78, 5) is 59.3. The van der Waals surface area contributed by atoms with E-state index in [-0.39, 0.29) is 47.7 Å². The summed E-state index contributed by atoms with van der Waals surface area (Å²) in [6.45, 7) is 1.99. The smallest absolute Gasteiger partial charge is 0.241 e. The number of carbonyl (C=O) groups is 4. The van der Waals surface area contributed by atoms with Gasteiger partial charge in [0.2, 0.25) is 23.6 Å². The van der Waals surface area contributed by atoms with Crippen LogP contribution in [0.3, 0.4) is 0 Å². The Morgan fingerprint density at radius 3 is 2.26 bits per heavy atom. The zero-order valence-electron chi connectivity index (χ0n) is 27.0. The minimum absolute atomic E-state index is 0.131. The van der Waals surface area contributed by atoms with Gasteiger partial charge in [-0.15, -0.1) is 0 Å². The summed E-state index contributed by atoms with van der Waals surface area (Å²) in [5.41, 5.74) is 1.28. The summed E-state index contributed by atoms with van der Waals surface area (Å²) in [7, 11) is 0. The molecule has 252 valence electrons. The van der Waals surface area contributed by atoms with E-state index in [1.807, 2.05) is 36.4 Å². The van der Waals surface area contributed by atoms with Crippen molar-refractivity contribution in [1.29, 1.82) is 0 Å². The van der Waals surface area contributed by atoms with Gasteiger partial charge in [-0.1, -0.05) is 77.8 Å². The van der Waals surface area contributed by atoms with Crippen LogP contribution in [0.1, 0.15) is 36.8 Å². The number of imide groups is 2. The lowest BCUT2D eigenvalue weighted by Crippen LogP contribution is -2.48. The van der Waals surface area contributed by atoms with Crippen LogP contribution >= 0.6 is 11.6 Å². The number of anilines is 2. The Bertz CT molecular complexity index is 2110. The van der Waals surface area contributed by atoms with Crippen molar-refractivity contribution in [2.75, 3.05) is 9.80 Å². The van der Waals surface area contributed by atoms with E-state index in [0.717, 1.165) is 22.1 Å². The van der Waals surface area contributed by atoms with Gasteiger partial charge in [0.25, 0.3) is 0 Å². The van der Waals surface area contributed by atoms with Crippen LogP contribution < -0.4 is 14.5 Å². The van der Waals surface area contributed by atoms with Crippen molar-refractivity contribution >= 4 is 46.6 Å². The van der Waals surface area contributed by atoms with Gasteiger partial charge < -0.3 is 9.84 Å². The molecular formula is C40H32ClFN2O6. The summed E-state index contributed by atoms with van der Waals surface area (Å²) in [6, 6.07) is 26.9. The zero-order chi connectivity index (χ0) is 34.9. The molecule has 2 aliphatic carbocycles. The minimum Gasteiger partial charge on any atom is -0.508 e. The van der Waals surface area contributed by atoms with Crippen LogP contribution in [0.2, 0.25) is 5.02 Å². The van der Waals surface area contributed by atoms with E-state index in [1.54, 1.807) is 49.4 Å². The van der Waals surface area contributed by atoms with Gasteiger partial charge in [-0.05, 0) is 67.6 Å². The molecule has 2 saturated heterocycles. The number of nitrogens with zero attached hydrogens (tertiary/aromatic N) is 2. The molecule has 0 aromatic heterocycles. The van der Waals surface area contributed by atoms with Crippen molar-refractivity contribution in [3.8, 4) is 11.5 Å².